The summed E-state index contributed by atoms with van der Waals surface area (Å²) in [6.07, 6.45) is 1.44. The van der Waals surface area contributed by atoms with Gasteiger partial charge in [-0.3, -0.25) is 4.79 Å². The number of hydrogen-bond donors (Lipinski definition) is 1. The molecule has 0 saturated carbocycles. The predicted octanol–water partition coefficient (Wildman–Crippen LogP) is 7.02. The highest BCUT2D eigenvalue weighted by atomic mass is 35.5. The average molecular weight is 589 g/mol. The number of esters is 1. The number of aromatic nitrogens is 1. The van der Waals surface area contributed by atoms with Crippen LogP contribution >= 0.6 is 22.9 Å². The topological polar surface area (TPSA) is 99.3 Å². The van der Waals surface area contributed by atoms with Crippen LogP contribution in [0.4, 0.5) is 5.00 Å². The summed E-state index contributed by atoms with van der Waals surface area (Å²) in [5.74, 6) is -0.000227. The lowest BCUT2D eigenvalue weighted by Crippen LogP contribution is -2.20. The lowest BCUT2D eigenvalue weighted by Gasteiger charge is -2.15. The van der Waals surface area contributed by atoms with Crippen LogP contribution in [0.5, 0.6) is 17.4 Å². The van der Waals surface area contributed by atoms with Crippen molar-refractivity contribution in [2.75, 3.05) is 20.8 Å². The van der Waals surface area contributed by atoms with Gasteiger partial charge in [0.15, 0.2) is 11.5 Å². The van der Waals surface area contributed by atoms with Crippen LogP contribution in [0.15, 0.2) is 81.9 Å². The van der Waals surface area contributed by atoms with Crippen molar-refractivity contribution in [3.8, 4) is 34.2 Å². The Morgan fingerprint density at radius 3 is 2.41 bits per heavy atom. The number of nitrogens with zero attached hydrogens (tertiary/aromatic N) is 2. The molecular weight excluding hydrogens is 564 g/mol. The summed E-state index contributed by atoms with van der Waals surface area (Å²) in [4.78, 5) is 31.2. The second kappa shape index (κ2) is 11.9. The van der Waals surface area contributed by atoms with E-state index in [1.54, 1.807) is 60.8 Å². The minimum Gasteiger partial charge on any atom is -0.494 e. The number of thiophene rings is 1. The molecular formula is C31H25ClN2O6S. The quantitative estimate of drug-likeness (QED) is 0.154. The molecule has 1 N–H and O–H groups in total. The number of methoxy groups -OCH3 is 2. The predicted molar refractivity (Wildman–Crippen MR) is 162 cm³/mol. The lowest BCUT2D eigenvalue weighted by atomic mass is 10.0. The fraction of sp³-hybridized carbons (Fsp3) is 0.129. The van der Waals surface area contributed by atoms with Gasteiger partial charge in [0.05, 0.1) is 32.1 Å². The Labute approximate surface area is 244 Å². The Hall–Kier alpha value is -4.60. The number of rotatable bonds is 8. The molecule has 8 nitrogen and oxygen atoms in total. The number of halogens is 1. The van der Waals surface area contributed by atoms with E-state index in [9.17, 15) is 14.7 Å². The molecule has 10 heteroatoms. The Morgan fingerprint density at radius 2 is 1.71 bits per heavy atom. The monoisotopic (exact) mass is 588 g/mol. The highest BCUT2D eigenvalue weighted by molar-refractivity contribution is 7.14. The van der Waals surface area contributed by atoms with E-state index < -0.39 is 11.5 Å². The molecule has 5 aromatic rings. The van der Waals surface area contributed by atoms with Gasteiger partial charge in [-0.15, -0.1) is 11.3 Å². The average Bonchev–Trinajstić information content (AvgIpc) is 3.41. The van der Waals surface area contributed by atoms with Crippen molar-refractivity contribution in [1.82, 2.24) is 4.57 Å². The Bertz CT molecular complexity index is 1860. The molecule has 0 saturated heterocycles. The molecule has 0 aliphatic heterocycles. The molecule has 0 bridgehead atoms. The maximum atomic E-state index is 13.6. The highest BCUT2D eigenvalue weighted by Crippen LogP contribution is 2.41. The molecule has 208 valence electrons. The van der Waals surface area contributed by atoms with Gasteiger partial charge < -0.3 is 19.3 Å². The summed E-state index contributed by atoms with van der Waals surface area (Å²) >= 11 is 7.68. The second-order valence-corrected chi connectivity index (χ2v) is 10.0. The zero-order chi connectivity index (χ0) is 29.1. The molecule has 2 aromatic heterocycles. The summed E-state index contributed by atoms with van der Waals surface area (Å²) in [6, 6.07) is 19.0. The molecule has 0 spiro atoms. The van der Waals surface area contributed by atoms with E-state index in [4.69, 9.17) is 25.8 Å². The maximum absolute atomic E-state index is 13.6. The van der Waals surface area contributed by atoms with Gasteiger partial charge in [0.25, 0.3) is 5.56 Å². The van der Waals surface area contributed by atoms with Gasteiger partial charge in [0.1, 0.15) is 10.6 Å². The van der Waals surface area contributed by atoms with E-state index in [0.29, 0.717) is 49.1 Å². The van der Waals surface area contributed by atoms with Gasteiger partial charge in [-0.05, 0) is 31.2 Å². The van der Waals surface area contributed by atoms with Crippen LogP contribution in [0, 0.1) is 0 Å². The smallest absolute Gasteiger partial charge is 0.341 e. The van der Waals surface area contributed by atoms with Gasteiger partial charge in [0, 0.05) is 44.6 Å². The highest BCUT2D eigenvalue weighted by Gasteiger charge is 2.23. The lowest BCUT2D eigenvalue weighted by molar-refractivity contribution is 0.0529. The fourth-order valence-electron chi connectivity index (χ4n) is 4.54. The number of fused-ring (bicyclic) bond motifs is 1. The number of ether oxygens (including phenoxy) is 3. The van der Waals surface area contributed by atoms with Gasteiger partial charge in [0.2, 0.25) is 5.88 Å². The Kier molecular flexibility index (Phi) is 8.09. The molecule has 0 atom stereocenters. The van der Waals surface area contributed by atoms with Crippen molar-refractivity contribution in [2.45, 2.75) is 6.92 Å². The third-order valence-electron chi connectivity index (χ3n) is 6.45. The van der Waals surface area contributed by atoms with Gasteiger partial charge >= 0.3 is 5.97 Å². The summed E-state index contributed by atoms with van der Waals surface area (Å²) in [6.45, 7) is 1.91. The van der Waals surface area contributed by atoms with Crippen molar-refractivity contribution in [3.05, 3.63) is 98.6 Å². The number of pyridine rings is 1. The SMILES string of the molecule is CCOC(=O)c1c(-c2ccccc2Cl)csc1/N=C/c1c(O)n(-c2ccc(OC)c(OC)c2)c(=O)c2ccccc12. The zero-order valence-electron chi connectivity index (χ0n) is 22.4. The standard InChI is InChI=1S/C31H25ClN2O6S/c1-4-40-31(37)27-23(20-10-7-8-12-24(20)32)17-41-28(27)33-16-22-19-9-5-6-11-21(19)29(35)34(30(22)36)18-13-14-25(38-2)26(15-18)39-3/h5-17,36H,4H2,1-3H3/b33-16+. The number of hydrogen-bond acceptors (Lipinski definition) is 8. The second-order valence-electron chi connectivity index (χ2n) is 8.75. The van der Waals surface area contributed by atoms with E-state index in [-0.39, 0.29) is 23.6 Å². The van der Waals surface area contributed by atoms with Gasteiger partial charge in [-0.1, -0.05) is 48.0 Å². The molecule has 0 unspecified atom stereocenters. The van der Waals surface area contributed by atoms with Crippen LogP contribution in [-0.2, 0) is 4.74 Å². The van der Waals surface area contributed by atoms with Crippen LogP contribution < -0.4 is 15.0 Å². The van der Waals surface area contributed by atoms with E-state index in [1.165, 1.54) is 36.3 Å². The van der Waals surface area contributed by atoms with E-state index in [2.05, 4.69) is 4.99 Å². The largest absolute Gasteiger partial charge is 0.494 e. The Balaban J connectivity index is 1.71. The third kappa shape index (κ3) is 5.17. The summed E-state index contributed by atoms with van der Waals surface area (Å²) in [7, 11) is 3.00. The third-order valence-corrected chi connectivity index (χ3v) is 7.67. The van der Waals surface area contributed by atoms with E-state index >= 15 is 0 Å². The Morgan fingerprint density at radius 1 is 1.00 bits per heavy atom. The fourth-order valence-corrected chi connectivity index (χ4v) is 5.67. The number of aliphatic imine (C=N–C) groups is 1. The van der Waals surface area contributed by atoms with Crippen molar-refractivity contribution in [3.63, 3.8) is 0 Å². The normalized spacial score (nSPS) is 11.2. The molecule has 0 radical (unpaired) electrons. The summed E-state index contributed by atoms with van der Waals surface area (Å²) < 4.78 is 17.2. The van der Waals surface area contributed by atoms with Gasteiger partial charge in [-0.2, -0.15) is 0 Å². The van der Waals surface area contributed by atoms with Gasteiger partial charge in [-0.25, -0.2) is 14.4 Å². The molecule has 0 amide bonds. The first-order chi connectivity index (χ1) is 19.9. The molecule has 5 rings (SSSR count). The van der Waals surface area contributed by atoms with Crippen molar-refractivity contribution in [2.24, 2.45) is 4.99 Å². The minimum atomic E-state index is -0.541. The van der Waals surface area contributed by atoms with Crippen LogP contribution in [0.1, 0.15) is 22.8 Å². The van der Waals surface area contributed by atoms with Crippen LogP contribution in [0.3, 0.4) is 0 Å². The molecule has 3 aromatic carbocycles. The van der Waals surface area contributed by atoms with Crippen molar-refractivity contribution >= 4 is 50.9 Å². The first kappa shape index (κ1) is 27.9. The van der Waals surface area contributed by atoms with Crippen molar-refractivity contribution < 1.29 is 24.1 Å². The maximum Gasteiger partial charge on any atom is 0.341 e. The molecule has 2 heterocycles. The molecule has 41 heavy (non-hydrogen) atoms. The minimum absolute atomic E-state index is 0.182. The van der Waals surface area contributed by atoms with E-state index in [1.807, 2.05) is 18.2 Å². The van der Waals surface area contributed by atoms with Crippen molar-refractivity contribution in [1.29, 1.82) is 0 Å². The first-order valence-electron chi connectivity index (χ1n) is 12.6. The summed E-state index contributed by atoms with van der Waals surface area (Å²) in [5.41, 5.74) is 1.76. The molecule has 0 aliphatic rings. The number of carbonyl (C=O) groups is 1. The molecule has 0 aliphatic carbocycles. The first-order valence-corrected chi connectivity index (χ1v) is 13.8. The van der Waals surface area contributed by atoms with Crippen LogP contribution in [0.25, 0.3) is 27.6 Å². The molecule has 0 fully saturated rings. The van der Waals surface area contributed by atoms with E-state index in [0.717, 1.165) is 0 Å². The van der Waals surface area contributed by atoms with Crippen LogP contribution in [-0.4, -0.2) is 42.7 Å². The zero-order valence-corrected chi connectivity index (χ0v) is 24.0. The number of benzene rings is 3. The van der Waals surface area contributed by atoms with Crippen LogP contribution in [0.2, 0.25) is 5.02 Å². The summed E-state index contributed by atoms with van der Waals surface area (Å²) in [5, 5.41) is 15.0. The number of carbonyl (C=O) groups excluding carboxylic acids is 1. The number of aromatic hydroxyl groups is 1.